The van der Waals surface area contributed by atoms with E-state index in [1.165, 1.54) is 4.90 Å². The van der Waals surface area contributed by atoms with E-state index >= 15 is 0 Å². The third-order valence-corrected chi connectivity index (χ3v) is 2.90. The Kier molecular flexibility index (Phi) is 5.91. The normalized spacial score (nSPS) is 13.7. The Morgan fingerprint density at radius 1 is 1.45 bits per heavy atom. The molecule has 6 nitrogen and oxygen atoms in total. The van der Waals surface area contributed by atoms with Crippen molar-refractivity contribution in [1.82, 2.24) is 9.88 Å². The molecule has 1 amide bonds. The molecule has 20 heavy (non-hydrogen) atoms. The van der Waals surface area contributed by atoms with Crippen LogP contribution in [0.25, 0.3) is 0 Å². The molecular weight excluding hydrogens is 258 g/mol. The maximum atomic E-state index is 11.8. The summed E-state index contributed by atoms with van der Waals surface area (Å²) < 4.78 is 0. The zero-order chi connectivity index (χ0) is 15.2. The zero-order valence-electron chi connectivity index (χ0n) is 12.3. The van der Waals surface area contributed by atoms with Crippen molar-refractivity contribution < 1.29 is 15.0 Å². The van der Waals surface area contributed by atoms with Crippen LogP contribution in [0.3, 0.4) is 0 Å². The van der Waals surface area contributed by atoms with Gasteiger partial charge in [0.05, 0.1) is 5.60 Å². The smallest absolute Gasteiger partial charge is 0.272 e. The summed E-state index contributed by atoms with van der Waals surface area (Å²) in [6.07, 6.45) is 1.04. The second-order valence-electron chi connectivity index (χ2n) is 5.29. The van der Waals surface area contributed by atoms with E-state index in [0.717, 1.165) is 0 Å². The van der Waals surface area contributed by atoms with Crippen molar-refractivity contribution in [3.63, 3.8) is 0 Å². The van der Waals surface area contributed by atoms with Gasteiger partial charge >= 0.3 is 0 Å². The molecule has 0 radical (unpaired) electrons. The number of pyridine rings is 1. The predicted molar refractivity (Wildman–Crippen MR) is 77.7 cm³/mol. The number of nitrogens with one attached hydrogen (secondary N) is 1. The van der Waals surface area contributed by atoms with E-state index in [1.54, 1.807) is 39.2 Å². The lowest BCUT2D eigenvalue weighted by Gasteiger charge is -2.23. The third-order valence-electron chi connectivity index (χ3n) is 2.90. The summed E-state index contributed by atoms with van der Waals surface area (Å²) in [7, 11) is 3.34. The van der Waals surface area contributed by atoms with Gasteiger partial charge in [-0.3, -0.25) is 4.79 Å². The Morgan fingerprint density at radius 3 is 2.75 bits per heavy atom. The maximum absolute atomic E-state index is 11.8. The van der Waals surface area contributed by atoms with Gasteiger partial charge in [-0.25, -0.2) is 4.98 Å². The van der Waals surface area contributed by atoms with Crippen LogP contribution in [-0.4, -0.2) is 58.9 Å². The molecule has 1 aromatic heterocycles. The van der Waals surface area contributed by atoms with Crippen LogP contribution in [0.4, 0.5) is 5.82 Å². The highest BCUT2D eigenvalue weighted by atomic mass is 16.3. The van der Waals surface area contributed by atoms with Gasteiger partial charge in [0.1, 0.15) is 11.5 Å². The second kappa shape index (κ2) is 7.21. The van der Waals surface area contributed by atoms with Gasteiger partial charge in [-0.05, 0) is 31.9 Å². The number of hydrogen-bond acceptors (Lipinski definition) is 5. The van der Waals surface area contributed by atoms with Crippen LogP contribution in [0.15, 0.2) is 18.2 Å². The summed E-state index contributed by atoms with van der Waals surface area (Å²) in [5.74, 6) is 0.377. The second-order valence-corrected chi connectivity index (χ2v) is 5.29. The molecule has 1 heterocycles. The highest BCUT2D eigenvalue weighted by Crippen LogP contribution is 2.14. The molecule has 0 fully saturated rings. The molecule has 0 aliphatic rings. The number of hydrogen-bond donors (Lipinski definition) is 3. The van der Waals surface area contributed by atoms with Gasteiger partial charge in [0.25, 0.3) is 5.91 Å². The van der Waals surface area contributed by atoms with Gasteiger partial charge in [-0.1, -0.05) is 6.07 Å². The number of nitrogens with zero attached hydrogens (tertiary/aromatic N) is 2. The molecule has 0 aliphatic carbocycles. The molecule has 0 bridgehead atoms. The third kappa shape index (κ3) is 5.14. The predicted octanol–water partition coefficient (Wildman–Crippen LogP) is 0.719. The molecule has 0 saturated heterocycles. The SMILES string of the molecule is CN(C)C(=O)c1cccc(NCC(C)(O)CCCO)n1. The van der Waals surface area contributed by atoms with Crippen molar-refractivity contribution in [1.29, 1.82) is 0 Å². The van der Waals surface area contributed by atoms with Crippen molar-refractivity contribution >= 4 is 11.7 Å². The number of aromatic nitrogens is 1. The Balaban J connectivity index is 2.65. The fraction of sp³-hybridized carbons (Fsp3) is 0.571. The first kappa shape index (κ1) is 16.4. The monoisotopic (exact) mass is 281 g/mol. The van der Waals surface area contributed by atoms with Crippen molar-refractivity contribution in [2.75, 3.05) is 32.6 Å². The topological polar surface area (TPSA) is 85.7 Å². The summed E-state index contributed by atoms with van der Waals surface area (Å²) in [4.78, 5) is 17.5. The molecule has 1 atom stereocenters. The molecule has 112 valence electrons. The van der Waals surface area contributed by atoms with E-state index in [1.807, 2.05) is 0 Å². The lowest BCUT2D eigenvalue weighted by Crippen LogP contribution is -2.34. The van der Waals surface area contributed by atoms with E-state index in [4.69, 9.17) is 5.11 Å². The zero-order valence-corrected chi connectivity index (χ0v) is 12.3. The van der Waals surface area contributed by atoms with E-state index in [2.05, 4.69) is 10.3 Å². The summed E-state index contributed by atoms with van der Waals surface area (Å²) >= 11 is 0. The summed E-state index contributed by atoms with van der Waals surface area (Å²) in [6, 6.07) is 5.14. The molecule has 1 unspecified atom stereocenters. The number of carbonyl (C=O) groups excluding carboxylic acids is 1. The molecule has 0 aliphatic heterocycles. The largest absolute Gasteiger partial charge is 0.396 e. The fourth-order valence-electron chi connectivity index (χ4n) is 1.71. The molecule has 1 aromatic rings. The van der Waals surface area contributed by atoms with Crippen molar-refractivity contribution in [3.05, 3.63) is 23.9 Å². The summed E-state index contributed by atoms with van der Waals surface area (Å²) in [5, 5.41) is 21.9. The van der Waals surface area contributed by atoms with E-state index < -0.39 is 5.60 Å². The van der Waals surface area contributed by atoms with Gasteiger partial charge in [0, 0.05) is 27.2 Å². The molecule has 0 spiro atoms. The number of aliphatic hydroxyl groups is 2. The van der Waals surface area contributed by atoms with Crippen LogP contribution in [0.1, 0.15) is 30.3 Å². The van der Waals surface area contributed by atoms with Crippen molar-refractivity contribution in [2.24, 2.45) is 0 Å². The van der Waals surface area contributed by atoms with E-state index in [-0.39, 0.29) is 12.5 Å². The van der Waals surface area contributed by atoms with Gasteiger partial charge in [-0.2, -0.15) is 0 Å². The number of rotatable bonds is 7. The molecular formula is C14H23N3O3. The van der Waals surface area contributed by atoms with Gasteiger partial charge in [0.2, 0.25) is 0 Å². The Hall–Kier alpha value is -1.66. The summed E-state index contributed by atoms with van der Waals surface area (Å²) in [6.45, 7) is 2.06. The average molecular weight is 281 g/mol. The minimum absolute atomic E-state index is 0.0568. The van der Waals surface area contributed by atoms with Gasteiger partial charge in [-0.15, -0.1) is 0 Å². The van der Waals surface area contributed by atoms with Crippen LogP contribution < -0.4 is 5.32 Å². The molecule has 6 heteroatoms. The Bertz CT molecular complexity index is 447. The maximum Gasteiger partial charge on any atom is 0.272 e. The molecule has 3 N–H and O–H groups in total. The number of carbonyl (C=O) groups is 1. The first-order valence-electron chi connectivity index (χ1n) is 6.61. The summed E-state index contributed by atoms with van der Waals surface area (Å²) in [5.41, 5.74) is -0.568. The van der Waals surface area contributed by atoms with Gasteiger partial charge < -0.3 is 20.4 Å². The lowest BCUT2D eigenvalue weighted by atomic mass is 10.0. The van der Waals surface area contributed by atoms with Crippen molar-refractivity contribution in [3.8, 4) is 0 Å². The minimum Gasteiger partial charge on any atom is -0.396 e. The van der Waals surface area contributed by atoms with Crippen LogP contribution in [0.5, 0.6) is 0 Å². The van der Waals surface area contributed by atoms with Crippen molar-refractivity contribution in [2.45, 2.75) is 25.4 Å². The molecule has 0 saturated carbocycles. The number of amides is 1. The Labute approximate surface area is 119 Å². The average Bonchev–Trinajstić information content (AvgIpc) is 2.42. The van der Waals surface area contributed by atoms with E-state index in [9.17, 15) is 9.90 Å². The van der Waals surface area contributed by atoms with Crippen LogP contribution in [-0.2, 0) is 0 Å². The van der Waals surface area contributed by atoms with Gasteiger partial charge in [0.15, 0.2) is 0 Å². The highest BCUT2D eigenvalue weighted by Gasteiger charge is 2.19. The lowest BCUT2D eigenvalue weighted by molar-refractivity contribution is 0.0565. The fourth-order valence-corrected chi connectivity index (χ4v) is 1.71. The highest BCUT2D eigenvalue weighted by molar-refractivity contribution is 5.92. The first-order chi connectivity index (χ1) is 9.35. The van der Waals surface area contributed by atoms with Crippen LogP contribution in [0.2, 0.25) is 0 Å². The van der Waals surface area contributed by atoms with Crippen LogP contribution in [0, 0.1) is 0 Å². The number of aliphatic hydroxyl groups excluding tert-OH is 1. The molecule has 1 rings (SSSR count). The standard InChI is InChI=1S/C14H23N3O3/c1-14(20,8-5-9-18)10-15-12-7-4-6-11(16-12)13(19)17(2)3/h4,6-7,18,20H,5,8-10H2,1-3H3,(H,15,16). The minimum atomic E-state index is -0.925. The Morgan fingerprint density at radius 2 is 2.15 bits per heavy atom. The quantitative estimate of drug-likeness (QED) is 0.685. The number of anilines is 1. The van der Waals surface area contributed by atoms with E-state index in [0.29, 0.717) is 30.9 Å². The first-order valence-corrected chi connectivity index (χ1v) is 6.61. The van der Waals surface area contributed by atoms with Crippen LogP contribution >= 0.6 is 0 Å². The molecule has 0 aromatic carbocycles.